The minimum Gasteiger partial charge on any atom is -0.369 e. The van der Waals surface area contributed by atoms with Crippen LogP contribution in [0.15, 0.2) is 24.3 Å². The normalized spacial score (nSPS) is 26.7. The summed E-state index contributed by atoms with van der Waals surface area (Å²) in [6.07, 6.45) is 2.88. The van der Waals surface area contributed by atoms with Crippen LogP contribution in [0.4, 0.5) is 0 Å². The number of benzene rings is 1. The first-order valence-corrected chi connectivity index (χ1v) is 6.26. The largest absolute Gasteiger partial charge is 0.369 e. The fourth-order valence-electron chi connectivity index (χ4n) is 1.74. The van der Waals surface area contributed by atoms with Crippen molar-refractivity contribution in [2.24, 2.45) is 0 Å². The molecule has 14 heavy (non-hydrogen) atoms. The first-order valence-electron chi connectivity index (χ1n) is 4.76. The molecule has 0 spiro atoms. The van der Waals surface area contributed by atoms with Crippen molar-refractivity contribution in [2.45, 2.75) is 25.0 Å². The van der Waals surface area contributed by atoms with Crippen LogP contribution in [0.5, 0.6) is 0 Å². The lowest BCUT2D eigenvalue weighted by atomic mass is 10.1. The van der Waals surface area contributed by atoms with Crippen LogP contribution in [-0.2, 0) is 4.74 Å². The maximum atomic E-state index is 5.85. The van der Waals surface area contributed by atoms with E-state index in [1.54, 1.807) is 0 Å². The van der Waals surface area contributed by atoms with E-state index in [1.807, 2.05) is 24.3 Å². The summed E-state index contributed by atoms with van der Waals surface area (Å²) in [6, 6.07) is 7.93. The molecule has 0 amide bonds. The molecule has 0 radical (unpaired) electrons. The SMILES string of the molecule is Clc1ccc(C2CCC(CBr)O2)cc1. The van der Waals surface area contributed by atoms with E-state index < -0.39 is 0 Å². The fraction of sp³-hybridized carbons (Fsp3) is 0.455. The highest BCUT2D eigenvalue weighted by Gasteiger charge is 2.25. The van der Waals surface area contributed by atoms with Crippen molar-refractivity contribution in [3.05, 3.63) is 34.9 Å². The molecule has 1 aromatic rings. The van der Waals surface area contributed by atoms with Crippen LogP contribution in [0.3, 0.4) is 0 Å². The van der Waals surface area contributed by atoms with E-state index in [0.29, 0.717) is 6.10 Å². The van der Waals surface area contributed by atoms with Gasteiger partial charge in [-0.25, -0.2) is 0 Å². The molecular formula is C11H12BrClO. The number of alkyl halides is 1. The first kappa shape index (κ1) is 10.5. The van der Waals surface area contributed by atoms with E-state index in [0.717, 1.165) is 23.2 Å². The van der Waals surface area contributed by atoms with Crippen LogP contribution >= 0.6 is 27.5 Å². The molecule has 1 fully saturated rings. The van der Waals surface area contributed by atoms with Gasteiger partial charge in [-0.1, -0.05) is 39.7 Å². The Kier molecular flexibility index (Phi) is 3.47. The van der Waals surface area contributed by atoms with Gasteiger partial charge in [0.25, 0.3) is 0 Å². The van der Waals surface area contributed by atoms with E-state index in [4.69, 9.17) is 16.3 Å². The van der Waals surface area contributed by atoms with Gasteiger partial charge in [0.15, 0.2) is 0 Å². The molecule has 1 aromatic carbocycles. The van der Waals surface area contributed by atoms with Gasteiger partial charge in [0.2, 0.25) is 0 Å². The van der Waals surface area contributed by atoms with Crippen molar-refractivity contribution in [1.82, 2.24) is 0 Å². The topological polar surface area (TPSA) is 9.23 Å². The Hall–Kier alpha value is -0.0500. The van der Waals surface area contributed by atoms with Crippen LogP contribution in [0, 0.1) is 0 Å². The third kappa shape index (κ3) is 2.30. The Morgan fingerprint density at radius 2 is 2.00 bits per heavy atom. The lowest BCUT2D eigenvalue weighted by molar-refractivity contribution is 0.0588. The quantitative estimate of drug-likeness (QED) is 0.743. The second-order valence-electron chi connectivity index (χ2n) is 3.53. The summed E-state index contributed by atoms with van der Waals surface area (Å²) >= 11 is 9.27. The van der Waals surface area contributed by atoms with Gasteiger partial charge >= 0.3 is 0 Å². The maximum Gasteiger partial charge on any atom is 0.0830 e. The van der Waals surface area contributed by atoms with Gasteiger partial charge in [-0.3, -0.25) is 0 Å². The molecule has 2 rings (SSSR count). The van der Waals surface area contributed by atoms with E-state index in [-0.39, 0.29) is 6.10 Å². The predicted octanol–water partition coefficient (Wildman–Crippen LogP) is 3.96. The summed E-state index contributed by atoms with van der Waals surface area (Å²) in [6.45, 7) is 0. The third-order valence-corrected chi connectivity index (χ3v) is 3.50. The molecule has 1 heterocycles. The van der Waals surface area contributed by atoms with Gasteiger partial charge in [-0.15, -0.1) is 0 Å². The van der Waals surface area contributed by atoms with E-state index >= 15 is 0 Å². The van der Waals surface area contributed by atoms with Crippen LogP contribution in [0.25, 0.3) is 0 Å². The molecule has 0 bridgehead atoms. The molecular weight excluding hydrogens is 263 g/mol. The summed E-state index contributed by atoms with van der Waals surface area (Å²) in [7, 11) is 0. The van der Waals surface area contributed by atoms with Crippen molar-refractivity contribution in [3.8, 4) is 0 Å². The molecule has 2 unspecified atom stereocenters. The second-order valence-corrected chi connectivity index (χ2v) is 4.61. The number of hydrogen-bond acceptors (Lipinski definition) is 1. The summed E-state index contributed by atoms with van der Waals surface area (Å²) in [5, 5.41) is 1.71. The van der Waals surface area contributed by atoms with Crippen LogP contribution in [0.2, 0.25) is 5.02 Å². The van der Waals surface area contributed by atoms with Gasteiger partial charge in [-0.05, 0) is 30.5 Å². The molecule has 0 N–H and O–H groups in total. The molecule has 2 atom stereocenters. The zero-order chi connectivity index (χ0) is 9.97. The zero-order valence-electron chi connectivity index (χ0n) is 7.75. The molecule has 1 nitrogen and oxygen atoms in total. The average Bonchev–Trinajstić information content (AvgIpc) is 2.67. The average molecular weight is 276 g/mol. The van der Waals surface area contributed by atoms with Crippen LogP contribution in [-0.4, -0.2) is 11.4 Å². The Morgan fingerprint density at radius 1 is 1.29 bits per heavy atom. The van der Waals surface area contributed by atoms with Crippen LogP contribution in [0.1, 0.15) is 24.5 Å². The van der Waals surface area contributed by atoms with Crippen LogP contribution < -0.4 is 0 Å². The predicted molar refractivity (Wildman–Crippen MR) is 62.1 cm³/mol. The van der Waals surface area contributed by atoms with Crippen molar-refractivity contribution in [3.63, 3.8) is 0 Å². The highest BCUT2D eigenvalue weighted by atomic mass is 79.9. The number of halogens is 2. The van der Waals surface area contributed by atoms with Gasteiger partial charge in [0.05, 0.1) is 12.2 Å². The van der Waals surface area contributed by atoms with Crippen molar-refractivity contribution >= 4 is 27.5 Å². The van der Waals surface area contributed by atoms with Crippen molar-refractivity contribution in [2.75, 3.05) is 5.33 Å². The molecule has 0 aliphatic carbocycles. The molecule has 1 aliphatic rings. The smallest absolute Gasteiger partial charge is 0.0830 e. The standard InChI is InChI=1S/C11H12BrClO/c12-7-10-5-6-11(14-10)8-1-3-9(13)4-2-8/h1-4,10-11H,5-7H2. The number of ether oxygens (including phenoxy) is 1. The minimum absolute atomic E-state index is 0.259. The Morgan fingerprint density at radius 3 is 2.57 bits per heavy atom. The van der Waals surface area contributed by atoms with E-state index in [2.05, 4.69) is 15.9 Å². The highest BCUT2D eigenvalue weighted by Crippen LogP contribution is 2.33. The molecule has 1 saturated heterocycles. The molecule has 76 valence electrons. The molecule has 0 saturated carbocycles. The highest BCUT2D eigenvalue weighted by molar-refractivity contribution is 9.09. The second kappa shape index (κ2) is 4.65. The number of rotatable bonds is 2. The van der Waals surface area contributed by atoms with E-state index in [9.17, 15) is 0 Å². The Bertz CT molecular complexity index is 299. The molecule has 1 aliphatic heterocycles. The maximum absolute atomic E-state index is 5.85. The molecule has 3 heteroatoms. The summed E-state index contributed by atoms with van der Waals surface area (Å²) < 4.78 is 5.85. The Labute approximate surface area is 97.5 Å². The van der Waals surface area contributed by atoms with Gasteiger partial charge in [0, 0.05) is 10.4 Å². The fourth-order valence-corrected chi connectivity index (χ4v) is 2.34. The van der Waals surface area contributed by atoms with E-state index in [1.165, 1.54) is 5.56 Å². The van der Waals surface area contributed by atoms with Gasteiger partial charge in [0.1, 0.15) is 0 Å². The zero-order valence-corrected chi connectivity index (χ0v) is 10.1. The first-order chi connectivity index (χ1) is 6.79. The monoisotopic (exact) mass is 274 g/mol. The van der Waals surface area contributed by atoms with Gasteiger partial charge in [-0.2, -0.15) is 0 Å². The number of hydrogen-bond donors (Lipinski definition) is 0. The summed E-state index contributed by atoms with van der Waals surface area (Å²) in [4.78, 5) is 0. The Balaban J connectivity index is 2.06. The lowest BCUT2D eigenvalue weighted by Gasteiger charge is -2.12. The van der Waals surface area contributed by atoms with Crippen molar-refractivity contribution < 1.29 is 4.74 Å². The third-order valence-electron chi connectivity index (χ3n) is 2.52. The molecule has 0 aromatic heterocycles. The summed E-state index contributed by atoms with van der Waals surface area (Å²) in [5.41, 5.74) is 1.23. The van der Waals surface area contributed by atoms with Crippen molar-refractivity contribution in [1.29, 1.82) is 0 Å². The van der Waals surface area contributed by atoms with Gasteiger partial charge < -0.3 is 4.74 Å². The summed E-state index contributed by atoms with van der Waals surface area (Å²) in [5.74, 6) is 0. The lowest BCUT2D eigenvalue weighted by Crippen LogP contribution is -2.07. The minimum atomic E-state index is 0.259.